The van der Waals surface area contributed by atoms with Crippen LogP contribution in [0.5, 0.6) is 0 Å². The Hall–Kier alpha value is -0.0800. The quantitative estimate of drug-likeness (QED) is 0.693. The molecule has 2 nitrogen and oxygen atoms in total. The van der Waals surface area contributed by atoms with E-state index in [1.165, 1.54) is 32.2 Å². The minimum absolute atomic E-state index is 0.726. The van der Waals surface area contributed by atoms with Gasteiger partial charge in [-0.1, -0.05) is 0 Å². The highest BCUT2D eigenvalue weighted by molar-refractivity contribution is 4.87. The van der Waals surface area contributed by atoms with Gasteiger partial charge in [-0.15, -0.1) is 0 Å². The summed E-state index contributed by atoms with van der Waals surface area (Å²) in [7, 11) is 0. The van der Waals surface area contributed by atoms with Gasteiger partial charge in [0.15, 0.2) is 0 Å². The van der Waals surface area contributed by atoms with Crippen molar-refractivity contribution >= 4 is 0 Å². The third-order valence-electron chi connectivity index (χ3n) is 4.21. The van der Waals surface area contributed by atoms with Gasteiger partial charge in [-0.2, -0.15) is 0 Å². The normalized spacial score (nSPS) is 47.8. The average Bonchev–Trinajstić information content (AvgIpc) is 2.16. The third-order valence-corrected chi connectivity index (χ3v) is 4.21. The summed E-state index contributed by atoms with van der Waals surface area (Å²) >= 11 is 0. The lowest BCUT2D eigenvalue weighted by Gasteiger charge is -2.40. The maximum atomic E-state index is 3.64. The Morgan fingerprint density at radius 1 is 0.800 bits per heavy atom. The van der Waals surface area contributed by atoms with Gasteiger partial charge in [-0.3, -0.25) is 0 Å². The maximum absolute atomic E-state index is 3.64. The van der Waals surface area contributed by atoms with E-state index in [1.807, 2.05) is 0 Å². The Morgan fingerprint density at radius 2 is 1.40 bits per heavy atom. The summed E-state index contributed by atoms with van der Waals surface area (Å²) in [5.74, 6) is 1.95. The van der Waals surface area contributed by atoms with Crippen molar-refractivity contribution in [2.75, 3.05) is 6.54 Å². The molecule has 0 aromatic rings. The first kappa shape index (κ1) is 11.4. The van der Waals surface area contributed by atoms with Crippen LogP contribution in [0.1, 0.15) is 46.5 Å². The van der Waals surface area contributed by atoms with Crippen LogP contribution in [0, 0.1) is 11.8 Å². The number of nitrogens with one attached hydrogen (secondary N) is 2. The van der Waals surface area contributed by atoms with E-state index in [-0.39, 0.29) is 0 Å². The molecule has 2 heterocycles. The van der Waals surface area contributed by atoms with E-state index < -0.39 is 0 Å². The van der Waals surface area contributed by atoms with Crippen molar-refractivity contribution in [1.82, 2.24) is 10.6 Å². The maximum Gasteiger partial charge on any atom is 0.00439 e. The van der Waals surface area contributed by atoms with Crippen molar-refractivity contribution in [3.63, 3.8) is 0 Å². The van der Waals surface area contributed by atoms with Crippen molar-refractivity contribution in [3.8, 4) is 0 Å². The van der Waals surface area contributed by atoms with E-state index in [1.54, 1.807) is 0 Å². The summed E-state index contributed by atoms with van der Waals surface area (Å²) in [4.78, 5) is 0. The van der Waals surface area contributed by atoms with Crippen molar-refractivity contribution in [2.24, 2.45) is 11.8 Å². The summed E-state index contributed by atoms with van der Waals surface area (Å²) in [5.41, 5.74) is 0. The number of hydrogen-bond acceptors (Lipinski definition) is 2. The summed E-state index contributed by atoms with van der Waals surface area (Å²) in [5, 5.41) is 7.20. The van der Waals surface area contributed by atoms with Crippen molar-refractivity contribution in [3.05, 3.63) is 0 Å². The van der Waals surface area contributed by atoms with Crippen LogP contribution in [0.2, 0.25) is 0 Å². The van der Waals surface area contributed by atoms with Crippen LogP contribution < -0.4 is 10.6 Å². The molecule has 0 amide bonds. The molecule has 4 atom stereocenters. The Morgan fingerprint density at radius 3 is 2.00 bits per heavy atom. The van der Waals surface area contributed by atoms with Gasteiger partial charge >= 0.3 is 0 Å². The van der Waals surface area contributed by atoms with Crippen molar-refractivity contribution < 1.29 is 0 Å². The average molecular weight is 210 g/mol. The zero-order valence-electron chi connectivity index (χ0n) is 10.4. The van der Waals surface area contributed by atoms with Crippen LogP contribution in [-0.2, 0) is 0 Å². The highest BCUT2D eigenvalue weighted by Gasteiger charge is 2.31. The summed E-state index contributed by atoms with van der Waals surface area (Å²) < 4.78 is 0. The second-order valence-corrected chi connectivity index (χ2v) is 5.84. The molecule has 0 aromatic carbocycles. The lowest BCUT2D eigenvalue weighted by atomic mass is 9.74. The first-order chi connectivity index (χ1) is 7.15. The summed E-state index contributed by atoms with van der Waals surface area (Å²) in [6.45, 7) is 8.25. The molecule has 88 valence electrons. The second-order valence-electron chi connectivity index (χ2n) is 5.84. The first-order valence-electron chi connectivity index (χ1n) is 6.64. The van der Waals surface area contributed by atoms with Crippen LogP contribution in [0.15, 0.2) is 0 Å². The van der Waals surface area contributed by atoms with Crippen molar-refractivity contribution in [2.45, 2.75) is 64.6 Å². The molecule has 2 fully saturated rings. The fourth-order valence-electron chi connectivity index (χ4n) is 3.61. The molecule has 0 radical (unpaired) electrons. The minimum Gasteiger partial charge on any atom is -0.314 e. The molecule has 2 heteroatoms. The first-order valence-corrected chi connectivity index (χ1v) is 6.64. The second kappa shape index (κ2) is 4.84. The zero-order chi connectivity index (χ0) is 10.8. The number of piperidine rings is 2. The van der Waals surface area contributed by atoms with E-state index in [9.17, 15) is 0 Å². The van der Waals surface area contributed by atoms with E-state index in [2.05, 4.69) is 31.4 Å². The largest absolute Gasteiger partial charge is 0.314 e. The van der Waals surface area contributed by atoms with Gasteiger partial charge in [0.05, 0.1) is 0 Å². The molecule has 4 unspecified atom stereocenters. The van der Waals surface area contributed by atoms with Gasteiger partial charge in [-0.05, 0) is 64.8 Å². The molecule has 2 rings (SSSR count). The SMILES string of the molecule is CC1CC(C2CC(C)NC(C)C2)CCN1. The molecule has 0 spiro atoms. The van der Waals surface area contributed by atoms with Crippen LogP contribution in [-0.4, -0.2) is 24.7 Å². The Bertz CT molecular complexity index is 195. The molecule has 2 N–H and O–H groups in total. The smallest absolute Gasteiger partial charge is 0.00439 e. The Labute approximate surface area is 94.2 Å². The molecule has 15 heavy (non-hydrogen) atoms. The van der Waals surface area contributed by atoms with Gasteiger partial charge in [0.1, 0.15) is 0 Å². The molecule has 0 bridgehead atoms. The molecule has 0 saturated carbocycles. The standard InChI is InChI=1S/C13H26N2/c1-9-6-12(4-5-14-9)13-7-10(2)15-11(3)8-13/h9-15H,4-8H2,1-3H3. The highest BCUT2D eigenvalue weighted by Crippen LogP contribution is 2.33. The zero-order valence-corrected chi connectivity index (χ0v) is 10.4. The fraction of sp³-hybridized carbons (Fsp3) is 1.00. The predicted octanol–water partition coefficient (Wildman–Crippen LogP) is 2.15. The van der Waals surface area contributed by atoms with Gasteiger partial charge in [0, 0.05) is 18.1 Å². The van der Waals surface area contributed by atoms with Gasteiger partial charge < -0.3 is 10.6 Å². The molecule has 0 aromatic heterocycles. The Balaban J connectivity index is 1.91. The van der Waals surface area contributed by atoms with Gasteiger partial charge in [-0.25, -0.2) is 0 Å². The predicted molar refractivity (Wildman–Crippen MR) is 65.0 cm³/mol. The van der Waals surface area contributed by atoms with E-state index >= 15 is 0 Å². The van der Waals surface area contributed by atoms with E-state index in [0.29, 0.717) is 0 Å². The Kier molecular flexibility index (Phi) is 3.68. The van der Waals surface area contributed by atoms with Crippen LogP contribution in [0.4, 0.5) is 0 Å². The molecule has 2 aliphatic heterocycles. The van der Waals surface area contributed by atoms with Gasteiger partial charge in [0.25, 0.3) is 0 Å². The lowest BCUT2D eigenvalue weighted by molar-refractivity contribution is 0.150. The highest BCUT2D eigenvalue weighted by atomic mass is 15.0. The minimum atomic E-state index is 0.726. The molecule has 2 saturated heterocycles. The molecular formula is C13H26N2. The van der Waals surface area contributed by atoms with Crippen LogP contribution >= 0.6 is 0 Å². The number of rotatable bonds is 1. The molecule has 2 aliphatic rings. The van der Waals surface area contributed by atoms with Gasteiger partial charge in [0.2, 0.25) is 0 Å². The fourth-order valence-corrected chi connectivity index (χ4v) is 3.61. The van der Waals surface area contributed by atoms with E-state index in [4.69, 9.17) is 0 Å². The summed E-state index contributed by atoms with van der Waals surface area (Å²) in [6, 6.07) is 2.19. The lowest BCUT2D eigenvalue weighted by Crippen LogP contribution is -2.46. The van der Waals surface area contributed by atoms with Crippen molar-refractivity contribution in [1.29, 1.82) is 0 Å². The molecule has 0 aliphatic carbocycles. The van der Waals surface area contributed by atoms with Crippen LogP contribution in [0.3, 0.4) is 0 Å². The van der Waals surface area contributed by atoms with E-state index in [0.717, 1.165) is 30.0 Å². The summed E-state index contributed by atoms with van der Waals surface area (Å²) in [6.07, 6.45) is 5.57. The number of hydrogen-bond donors (Lipinski definition) is 2. The third kappa shape index (κ3) is 2.94. The molecular weight excluding hydrogens is 184 g/mol. The van der Waals surface area contributed by atoms with Crippen LogP contribution in [0.25, 0.3) is 0 Å². The topological polar surface area (TPSA) is 24.1 Å². The monoisotopic (exact) mass is 210 g/mol.